The van der Waals surface area contributed by atoms with Gasteiger partial charge < -0.3 is 10.2 Å². The van der Waals surface area contributed by atoms with Crippen LogP contribution < -0.4 is 11.0 Å². The van der Waals surface area contributed by atoms with Gasteiger partial charge in [-0.15, -0.1) is 10.2 Å². The third kappa shape index (κ3) is 6.24. The first-order valence-electron chi connectivity index (χ1n) is 12.6. The molecule has 0 spiro atoms. The predicted octanol–water partition coefficient (Wildman–Crippen LogP) is 6.57. The Hall–Kier alpha value is -3.86. The van der Waals surface area contributed by atoms with Crippen LogP contribution in [0.5, 0.6) is 0 Å². The summed E-state index contributed by atoms with van der Waals surface area (Å²) in [5.41, 5.74) is 2.35. The van der Waals surface area contributed by atoms with E-state index in [9.17, 15) is 18.0 Å². The molecule has 5 rings (SSSR count). The van der Waals surface area contributed by atoms with Gasteiger partial charge in [0.2, 0.25) is 0 Å². The smallest absolute Gasteiger partial charge is 0.367 e. The molecule has 0 radical (unpaired) electrons. The van der Waals surface area contributed by atoms with Crippen LogP contribution in [0.1, 0.15) is 11.1 Å². The van der Waals surface area contributed by atoms with Crippen LogP contribution in [0, 0.1) is 0 Å². The number of anilines is 1. The second-order valence-electron chi connectivity index (χ2n) is 9.71. The molecule has 0 aliphatic heterocycles. The number of alkyl halides is 3. The van der Waals surface area contributed by atoms with Gasteiger partial charge in [0.25, 0.3) is 0 Å². The SMILES string of the molecule is CN(C)CCNc1nn2c(=O)n(Cc3ccc(C(F)(F)F)cc3)nc2c(-c2ccc(Cl)cc2)c1-c1ccc(Cl)cc1. The van der Waals surface area contributed by atoms with Gasteiger partial charge in [0, 0.05) is 34.3 Å². The van der Waals surface area contributed by atoms with Gasteiger partial charge >= 0.3 is 11.9 Å². The molecular weight excluding hydrogens is 576 g/mol. The van der Waals surface area contributed by atoms with Gasteiger partial charge in [0.15, 0.2) is 11.5 Å². The Morgan fingerprint density at radius 3 is 1.93 bits per heavy atom. The number of benzene rings is 3. The molecule has 2 aromatic heterocycles. The molecule has 0 saturated heterocycles. The number of nitrogens with one attached hydrogen (secondary N) is 1. The van der Waals surface area contributed by atoms with E-state index in [0.29, 0.717) is 45.6 Å². The Balaban J connectivity index is 1.72. The van der Waals surface area contributed by atoms with Crippen LogP contribution in [0.25, 0.3) is 27.9 Å². The molecule has 0 aliphatic carbocycles. The van der Waals surface area contributed by atoms with Crippen LogP contribution in [0.2, 0.25) is 10.0 Å². The zero-order valence-electron chi connectivity index (χ0n) is 22.1. The molecule has 0 aliphatic rings. The third-order valence-electron chi connectivity index (χ3n) is 6.46. The lowest BCUT2D eigenvalue weighted by molar-refractivity contribution is -0.137. The molecule has 0 bridgehead atoms. The van der Waals surface area contributed by atoms with Crippen LogP contribution in [-0.4, -0.2) is 51.5 Å². The van der Waals surface area contributed by atoms with Crippen molar-refractivity contribution in [1.29, 1.82) is 0 Å². The van der Waals surface area contributed by atoms with E-state index in [-0.39, 0.29) is 12.2 Å². The van der Waals surface area contributed by atoms with E-state index in [0.717, 1.165) is 23.3 Å². The standard InChI is InChI=1S/C29H25Cl2F3N6O/c1-38(2)16-15-35-26-24(19-5-11-22(30)12-6-19)25(20-7-13-23(31)14-8-20)27-37-39(28(41)40(27)36-26)17-18-3-9-21(10-4-18)29(32,33)34/h3-14H,15-17H2,1-2H3,(H,35,36). The van der Waals surface area contributed by atoms with Gasteiger partial charge in [-0.1, -0.05) is 59.6 Å². The molecular formula is C29H25Cl2F3N6O. The second kappa shape index (κ2) is 11.6. The molecule has 0 amide bonds. The average molecular weight is 601 g/mol. The maximum Gasteiger partial charge on any atom is 0.416 e. The summed E-state index contributed by atoms with van der Waals surface area (Å²) >= 11 is 12.4. The molecule has 0 fully saturated rings. The van der Waals surface area contributed by atoms with Crippen molar-refractivity contribution in [2.75, 3.05) is 32.5 Å². The zero-order chi connectivity index (χ0) is 29.3. The largest absolute Gasteiger partial charge is 0.416 e. The maximum atomic E-state index is 13.6. The molecule has 12 heteroatoms. The minimum atomic E-state index is -4.45. The lowest BCUT2D eigenvalue weighted by atomic mass is 9.96. The number of fused-ring (bicyclic) bond motifs is 1. The molecule has 0 unspecified atom stereocenters. The first kappa shape index (κ1) is 28.7. The minimum absolute atomic E-state index is 0.0416. The van der Waals surface area contributed by atoms with E-state index in [4.69, 9.17) is 23.2 Å². The quantitative estimate of drug-likeness (QED) is 0.218. The van der Waals surface area contributed by atoms with Crippen molar-refractivity contribution < 1.29 is 13.2 Å². The van der Waals surface area contributed by atoms with Gasteiger partial charge in [0.1, 0.15) is 0 Å². The second-order valence-corrected chi connectivity index (χ2v) is 10.6. The predicted molar refractivity (Wildman–Crippen MR) is 156 cm³/mol. The number of halogens is 5. The van der Waals surface area contributed by atoms with Crippen molar-refractivity contribution in [1.82, 2.24) is 24.3 Å². The monoisotopic (exact) mass is 600 g/mol. The highest BCUT2D eigenvalue weighted by molar-refractivity contribution is 6.31. The van der Waals surface area contributed by atoms with Gasteiger partial charge in [-0.25, -0.2) is 9.48 Å². The minimum Gasteiger partial charge on any atom is -0.367 e. The van der Waals surface area contributed by atoms with Crippen LogP contribution in [0.3, 0.4) is 0 Å². The summed E-state index contributed by atoms with van der Waals surface area (Å²) in [6.45, 7) is 1.21. The van der Waals surface area contributed by atoms with Crippen molar-refractivity contribution in [2.24, 2.45) is 0 Å². The summed E-state index contributed by atoms with van der Waals surface area (Å²) in [5, 5.41) is 13.8. The van der Waals surface area contributed by atoms with Gasteiger partial charge in [-0.2, -0.15) is 17.7 Å². The van der Waals surface area contributed by atoms with Crippen LogP contribution in [-0.2, 0) is 12.7 Å². The number of hydrogen-bond donors (Lipinski definition) is 1. The summed E-state index contributed by atoms with van der Waals surface area (Å²) < 4.78 is 41.6. The fraction of sp³-hybridized carbons (Fsp3) is 0.207. The Labute approximate surface area is 243 Å². The number of likely N-dealkylation sites (N-methyl/N-ethyl adjacent to an activating group) is 1. The number of rotatable bonds is 8. The summed E-state index contributed by atoms with van der Waals surface area (Å²) in [7, 11) is 3.90. The highest BCUT2D eigenvalue weighted by Gasteiger charge is 2.30. The Morgan fingerprint density at radius 2 is 1.39 bits per heavy atom. The zero-order valence-corrected chi connectivity index (χ0v) is 23.6. The van der Waals surface area contributed by atoms with Crippen molar-refractivity contribution >= 4 is 34.7 Å². The lowest BCUT2D eigenvalue weighted by Gasteiger charge is -2.18. The van der Waals surface area contributed by atoms with Gasteiger partial charge in [-0.3, -0.25) is 0 Å². The van der Waals surface area contributed by atoms with Crippen molar-refractivity contribution in [2.45, 2.75) is 12.7 Å². The first-order chi connectivity index (χ1) is 19.5. The number of nitrogens with zero attached hydrogens (tertiary/aromatic N) is 5. The van der Waals surface area contributed by atoms with Crippen LogP contribution >= 0.6 is 23.2 Å². The van der Waals surface area contributed by atoms with Gasteiger partial charge in [-0.05, 0) is 67.2 Å². The summed E-state index contributed by atoms with van der Waals surface area (Å²) in [6.07, 6.45) is -4.45. The molecule has 7 nitrogen and oxygen atoms in total. The van der Waals surface area contributed by atoms with E-state index in [1.807, 2.05) is 43.3 Å². The van der Waals surface area contributed by atoms with Crippen LogP contribution in [0.15, 0.2) is 77.6 Å². The number of hydrogen-bond acceptors (Lipinski definition) is 5. The van der Waals surface area contributed by atoms with Crippen LogP contribution in [0.4, 0.5) is 19.0 Å². The highest BCUT2D eigenvalue weighted by Crippen LogP contribution is 2.39. The lowest BCUT2D eigenvalue weighted by Crippen LogP contribution is -2.25. The topological polar surface area (TPSA) is 67.5 Å². The molecule has 0 saturated carbocycles. The van der Waals surface area contributed by atoms with Crippen molar-refractivity contribution in [3.63, 3.8) is 0 Å². The Morgan fingerprint density at radius 1 is 0.829 bits per heavy atom. The first-order valence-corrected chi connectivity index (χ1v) is 13.4. The van der Waals surface area contributed by atoms with E-state index in [2.05, 4.69) is 15.5 Å². The molecule has 5 aromatic rings. The fourth-order valence-corrected chi connectivity index (χ4v) is 4.66. The van der Waals surface area contributed by atoms with Crippen molar-refractivity contribution in [3.8, 4) is 22.3 Å². The van der Waals surface area contributed by atoms with E-state index >= 15 is 0 Å². The fourth-order valence-electron chi connectivity index (χ4n) is 4.41. The Bertz CT molecular complexity index is 1730. The van der Waals surface area contributed by atoms with E-state index in [1.54, 1.807) is 24.3 Å². The molecule has 212 valence electrons. The third-order valence-corrected chi connectivity index (χ3v) is 6.96. The summed E-state index contributed by atoms with van der Waals surface area (Å²) in [6, 6.07) is 19.1. The Kier molecular flexibility index (Phi) is 8.08. The molecule has 2 heterocycles. The van der Waals surface area contributed by atoms with Crippen molar-refractivity contribution in [3.05, 3.63) is 104 Å². The van der Waals surface area contributed by atoms with E-state index < -0.39 is 17.4 Å². The molecule has 41 heavy (non-hydrogen) atoms. The molecule has 3 aromatic carbocycles. The van der Waals surface area contributed by atoms with E-state index in [1.165, 1.54) is 21.3 Å². The average Bonchev–Trinajstić information content (AvgIpc) is 3.23. The maximum absolute atomic E-state index is 13.6. The summed E-state index contributed by atoms with van der Waals surface area (Å²) in [5.74, 6) is 0.461. The van der Waals surface area contributed by atoms with Gasteiger partial charge in [0.05, 0.1) is 12.1 Å². The normalized spacial score (nSPS) is 11.9. The molecule has 0 atom stereocenters. The highest BCUT2D eigenvalue weighted by atomic mass is 35.5. The summed E-state index contributed by atoms with van der Waals surface area (Å²) in [4.78, 5) is 15.6. The molecule has 1 N–H and O–H groups in total. The number of aromatic nitrogens is 4.